The van der Waals surface area contributed by atoms with Crippen LogP contribution in [0.25, 0.3) is 0 Å². The van der Waals surface area contributed by atoms with Crippen molar-refractivity contribution in [3.05, 3.63) is 29.8 Å². The van der Waals surface area contributed by atoms with E-state index in [1.165, 1.54) is 14.0 Å². The summed E-state index contributed by atoms with van der Waals surface area (Å²) in [6, 6.07) is 6.42. The van der Waals surface area contributed by atoms with Gasteiger partial charge in [-0.2, -0.15) is 0 Å². The lowest BCUT2D eigenvalue weighted by molar-refractivity contribution is -0.0293. The predicted octanol–water partition coefficient (Wildman–Crippen LogP) is 0.594. The van der Waals surface area contributed by atoms with Crippen molar-refractivity contribution in [2.24, 2.45) is 0 Å². The van der Waals surface area contributed by atoms with Gasteiger partial charge in [0.2, 0.25) is 0 Å². The molecule has 0 aliphatic carbocycles. The van der Waals surface area contributed by atoms with Crippen LogP contribution in [0, 0.1) is 0 Å². The third kappa shape index (κ3) is 3.72. The van der Waals surface area contributed by atoms with E-state index < -0.39 is 24.8 Å². The first-order valence-corrected chi connectivity index (χ1v) is 5.22. The molecule has 94 valence electrons. The zero-order valence-electron chi connectivity index (χ0n) is 9.79. The largest absolute Gasteiger partial charge is 0.497 e. The van der Waals surface area contributed by atoms with Gasteiger partial charge in [-0.15, -0.1) is 0 Å². The number of carbonyl (C=O) groups is 1. The third-order valence-electron chi connectivity index (χ3n) is 2.35. The number of ether oxygens (including phenoxy) is 2. The minimum atomic E-state index is -1.07. The minimum absolute atomic E-state index is 0.364. The molecule has 0 aliphatic rings. The average molecular weight is 240 g/mol. The maximum absolute atomic E-state index is 11.6. The van der Waals surface area contributed by atoms with Crippen molar-refractivity contribution in [3.63, 3.8) is 0 Å². The van der Waals surface area contributed by atoms with Crippen molar-refractivity contribution in [2.45, 2.75) is 19.1 Å². The Hall–Kier alpha value is -1.59. The van der Waals surface area contributed by atoms with E-state index in [1.807, 2.05) is 0 Å². The zero-order valence-corrected chi connectivity index (χ0v) is 9.79. The quantitative estimate of drug-likeness (QED) is 0.737. The second-order valence-corrected chi connectivity index (χ2v) is 3.59. The van der Waals surface area contributed by atoms with E-state index in [9.17, 15) is 9.90 Å². The molecule has 0 aromatic heterocycles. The molecule has 0 saturated carbocycles. The SMILES string of the molecule is COc1ccc(C(=O)O[C@H](C)[C@@H](O)CO)cc1. The molecule has 5 heteroatoms. The van der Waals surface area contributed by atoms with Crippen LogP contribution in [0.4, 0.5) is 0 Å². The van der Waals surface area contributed by atoms with E-state index in [0.717, 1.165) is 0 Å². The highest BCUT2D eigenvalue weighted by Gasteiger charge is 2.18. The van der Waals surface area contributed by atoms with E-state index >= 15 is 0 Å². The van der Waals surface area contributed by atoms with E-state index in [4.69, 9.17) is 14.6 Å². The van der Waals surface area contributed by atoms with Gasteiger partial charge in [-0.3, -0.25) is 0 Å². The maximum Gasteiger partial charge on any atom is 0.338 e. The number of hydrogen-bond acceptors (Lipinski definition) is 5. The summed E-state index contributed by atoms with van der Waals surface area (Å²) in [6.07, 6.45) is -1.83. The molecule has 0 unspecified atom stereocenters. The molecular formula is C12H16O5. The lowest BCUT2D eigenvalue weighted by atomic mass is 10.2. The van der Waals surface area contributed by atoms with Gasteiger partial charge in [0.1, 0.15) is 18.0 Å². The molecule has 2 N–H and O–H groups in total. The minimum Gasteiger partial charge on any atom is -0.497 e. The lowest BCUT2D eigenvalue weighted by Gasteiger charge is -2.17. The van der Waals surface area contributed by atoms with Crippen LogP contribution in [0.3, 0.4) is 0 Å². The van der Waals surface area contributed by atoms with Crippen molar-refractivity contribution < 1.29 is 24.5 Å². The monoisotopic (exact) mass is 240 g/mol. The van der Waals surface area contributed by atoms with Crippen LogP contribution in [0.15, 0.2) is 24.3 Å². The molecule has 0 spiro atoms. The molecule has 17 heavy (non-hydrogen) atoms. The molecule has 1 aromatic carbocycles. The van der Waals surface area contributed by atoms with Gasteiger partial charge in [0.15, 0.2) is 0 Å². The Kier molecular flexibility index (Phi) is 4.93. The van der Waals surface area contributed by atoms with Crippen LogP contribution in [0.1, 0.15) is 17.3 Å². The summed E-state index contributed by atoms with van der Waals surface area (Å²) in [5, 5.41) is 18.0. The van der Waals surface area contributed by atoms with Crippen molar-refractivity contribution in [2.75, 3.05) is 13.7 Å². The molecule has 0 amide bonds. The van der Waals surface area contributed by atoms with Crippen LogP contribution in [-0.4, -0.2) is 42.1 Å². The predicted molar refractivity (Wildman–Crippen MR) is 61.0 cm³/mol. The number of hydrogen-bond donors (Lipinski definition) is 2. The number of esters is 1. The highest BCUT2D eigenvalue weighted by molar-refractivity contribution is 5.89. The smallest absolute Gasteiger partial charge is 0.338 e. The Bertz CT molecular complexity index is 360. The Balaban J connectivity index is 2.63. The van der Waals surface area contributed by atoms with Crippen molar-refractivity contribution in [3.8, 4) is 5.75 Å². The summed E-state index contributed by atoms with van der Waals surface area (Å²) in [6.45, 7) is 1.07. The first-order chi connectivity index (χ1) is 8.08. The summed E-state index contributed by atoms with van der Waals surface area (Å²) in [5.74, 6) is 0.0950. The van der Waals surface area contributed by atoms with E-state index in [1.54, 1.807) is 24.3 Å². The lowest BCUT2D eigenvalue weighted by Crippen LogP contribution is -2.31. The molecule has 0 saturated heterocycles. The zero-order chi connectivity index (χ0) is 12.8. The van der Waals surface area contributed by atoms with Gasteiger partial charge in [-0.05, 0) is 31.2 Å². The van der Waals surface area contributed by atoms with Gasteiger partial charge < -0.3 is 19.7 Å². The van der Waals surface area contributed by atoms with Crippen LogP contribution >= 0.6 is 0 Å². The first-order valence-electron chi connectivity index (χ1n) is 5.22. The molecule has 2 atom stereocenters. The fraction of sp³-hybridized carbons (Fsp3) is 0.417. The van der Waals surface area contributed by atoms with Crippen molar-refractivity contribution in [1.29, 1.82) is 0 Å². The van der Waals surface area contributed by atoms with Crippen LogP contribution in [0.2, 0.25) is 0 Å². The fourth-order valence-electron chi connectivity index (χ4n) is 1.19. The number of rotatable bonds is 5. The molecule has 1 rings (SSSR count). The Morgan fingerprint density at radius 3 is 2.41 bits per heavy atom. The summed E-state index contributed by atoms with van der Waals surface area (Å²) in [7, 11) is 1.53. The number of benzene rings is 1. The molecule has 5 nitrogen and oxygen atoms in total. The normalized spacial score (nSPS) is 13.9. The second-order valence-electron chi connectivity index (χ2n) is 3.59. The Morgan fingerprint density at radius 1 is 1.35 bits per heavy atom. The van der Waals surface area contributed by atoms with Crippen molar-refractivity contribution >= 4 is 5.97 Å². The molecular weight excluding hydrogens is 224 g/mol. The number of aliphatic hydroxyl groups excluding tert-OH is 2. The molecule has 0 aliphatic heterocycles. The third-order valence-corrected chi connectivity index (χ3v) is 2.35. The molecule has 0 heterocycles. The first kappa shape index (κ1) is 13.5. The number of aliphatic hydroxyl groups is 2. The topological polar surface area (TPSA) is 76.0 Å². The Labute approximate surface area is 99.6 Å². The summed E-state index contributed by atoms with van der Waals surface area (Å²) >= 11 is 0. The Morgan fingerprint density at radius 2 is 1.94 bits per heavy atom. The van der Waals surface area contributed by atoms with Gasteiger partial charge in [-0.25, -0.2) is 4.79 Å². The molecule has 0 radical (unpaired) electrons. The van der Waals surface area contributed by atoms with E-state index in [-0.39, 0.29) is 0 Å². The van der Waals surface area contributed by atoms with Gasteiger partial charge in [0.05, 0.1) is 19.3 Å². The molecule has 0 fully saturated rings. The molecule has 0 bridgehead atoms. The van der Waals surface area contributed by atoms with E-state index in [2.05, 4.69) is 0 Å². The van der Waals surface area contributed by atoms with Crippen molar-refractivity contribution in [1.82, 2.24) is 0 Å². The maximum atomic E-state index is 11.6. The number of carbonyl (C=O) groups excluding carboxylic acids is 1. The van der Waals surface area contributed by atoms with Gasteiger partial charge in [-0.1, -0.05) is 0 Å². The van der Waals surface area contributed by atoms with Crippen LogP contribution in [0.5, 0.6) is 5.75 Å². The number of methoxy groups -OCH3 is 1. The highest BCUT2D eigenvalue weighted by atomic mass is 16.6. The van der Waals surface area contributed by atoms with Gasteiger partial charge >= 0.3 is 5.97 Å². The fourth-order valence-corrected chi connectivity index (χ4v) is 1.19. The summed E-state index contributed by atoms with van der Waals surface area (Å²) < 4.78 is 9.93. The summed E-state index contributed by atoms with van der Waals surface area (Å²) in [5.41, 5.74) is 0.364. The average Bonchev–Trinajstić information content (AvgIpc) is 2.37. The van der Waals surface area contributed by atoms with Crippen LogP contribution < -0.4 is 4.74 Å². The van der Waals surface area contributed by atoms with Crippen LogP contribution in [-0.2, 0) is 4.74 Å². The molecule has 1 aromatic rings. The highest BCUT2D eigenvalue weighted by Crippen LogP contribution is 2.13. The van der Waals surface area contributed by atoms with E-state index in [0.29, 0.717) is 11.3 Å². The second kappa shape index (κ2) is 6.22. The van der Waals surface area contributed by atoms with Gasteiger partial charge in [0.25, 0.3) is 0 Å². The van der Waals surface area contributed by atoms with Gasteiger partial charge in [0, 0.05) is 0 Å². The standard InChI is InChI=1S/C12H16O5/c1-8(11(14)7-13)17-12(15)9-3-5-10(16-2)6-4-9/h3-6,8,11,13-14H,7H2,1-2H3/t8-,11+/m1/s1. The summed E-state index contributed by atoms with van der Waals surface area (Å²) in [4.78, 5) is 11.6.